The summed E-state index contributed by atoms with van der Waals surface area (Å²) in [4.78, 5) is 13.6. The highest BCUT2D eigenvalue weighted by Gasteiger charge is 2.50. The minimum atomic E-state index is -3.59. The van der Waals surface area contributed by atoms with E-state index in [1.165, 1.54) is 6.33 Å². The van der Waals surface area contributed by atoms with E-state index in [0.29, 0.717) is 12.8 Å². The first-order chi connectivity index (χ1) is 11.8. The number of alkyl halides is 2. The summed E-state index contributed by atoms with van der Waals surface area (Å²) in [5, 5.41) is 0.920. The molecule has 2 aromatic rings. The molecule has 1 aliphatic carbocycles. The molecule has 1 saturated carbocycles. The van der Waals surface area contributed by atoms with Crippen molar-refractivity contribution < 1.29 is 17.2 Å². The lowest BCUT2D eigenvalue weighted by Gasteiger charge is -2.43. The summed E-state index contributed by atoms with van der Waals surface area (Å²) in [6.45, 7) is -1.37. The molecule has 1 N–H and O–H groups in total. The first-order valence-electron chi connectivity index (χ1n) is 8.12. The highest BCUT2D eigenvalue weighted by molar-refractivity contribution is 7.89. The van der Waals surface area contributed by atoms with Crippen molar-refractivity contribution in [2.24, 2.45) is 5.92 Å². The number of nitrogens with one attached hydrogen (secondary N) is 1. The van der Waals surface area contributed by atoms with Crippen molar-refractivity contribution in [2.45, 2.75) is 24.8 Å². The van der Waals surface area contributed by atoms with Gasteiger partial charge in [-0.25, -0.2) is 27.2 Å². The number of nitrogens with zero attached hydrogens (tertiary/aromatic N) is 4. The van der Waals surface area contributed by atoms with Gasteiger partial charge in [0.2, 0.25) is 10.0 Å². The molecule has 2 aromatic heterocycles. The maximum Gasteiger partial charge on any atom is 0.275 e. The molecule has 4 rings (SSSR count). The van der Waals surface area contributed by atoms with Crippen molar-refractivity contribution in [3.05, 3.63) is 18.6 Å². The summed E-state index contributed by atoms with van der Waals surface area (Å²) in [6.07, 6.45) is 4.71. The fraction of sp³-hybridized carbons (Fsp3) is 0.600. The molecule has 136 valence electrons. The molecule has 0 amide bonds. The molecule has 0 atom stereocenters. The third-order valence-electron chi connectivity index (χ3n) is 5.08. The molecule has 1 saturated heterocycles. The predicted molar refractivity (Wildman–Crippen MR) is 89.1 cm³/mol. The van der Waals surface area contributed by atoms with Gasteiger partial charge >= 0.3 is 0 Å². The van der Waals surface area contributed by atoms with E-state index in [-0.39, 0.29) is 17.7 Å². The van der Waals surface area contributed by atoms with Gasteiger partial charge in [0.25, 0.3) is 5.92 Å². The zero-order valence-electron chi connectivity index (χ0n) is 13.7. The average molecular weight is 371 g/mol. The molecule has 10 heteroatoms. The SMILES string of the molecule is CN(c1ncnc2[nH]ccc12)[C@H]1C[C@H](CS(=O)(=O)N2CC(F)(F)C2)C1. The fourth-order valence-corrected chi connectivity index (χ4v) is 5.39. The number of aromatic nitrogens is 3. The minimum Gasteiger partial charge on any atom is -0.356 e. The maximum atomic E-state index is 12.9. The van der Waals surface area contributed by atoms with Gasteiger partial charge in [0.15, 0.2) is 0 Å². The molecule has 25 heavy (non-hydrogen) atoms. The van der Waals surface area contributed by atoms with Gasteiger partial charge in [0.1, 0.15) is 17.8 Å². The highest BCUT2D eigenvalue weighted by atomic mass is 32.2. The number of aromatic amines is 1. The summed E-state index contributed by atoms with van der Waals surface area (Å²) in [5.74, 6) is -2.13. The largest absolute Gasteiger partial charge is 0.356 e. The first kappa shape index (κ1) is 16.6. The van der Waals surface area contributed by atoms with Gasteiger partial charge in [0, 0.05) is 19.3 Å². The Morgan fingerprint density at radius 1 is 1.36 bits per heavy atom. The Kier molecular flexibility index (Phi) is 3.73. The van der Waals surface area contributed by atoms with E-state index in [1.54, 1.807) is 6.20 Å². The summed E-state index contributed by atoms with van der Waals surface area (Å²) in [5.41, 5.74) is 0.758. The standard InChI is InChI=1S/C15H19F2N5O2S/c1-21(14-12-2-3-18-13(12)19-9-20-14)11-4-10(5-11)6-25(23,24)22-7-15(16,17)8-22/h2-3,9-11H,4-8H2,1H3,(H,18,19,20)/t10-,11-. The molecule has 3 heterocycles. The lowest BCUT2D eigenvalue weighted by Crippen LogP contribution is -2.59. The molecule has 1 aliphatic heterocycles. The number of anilines is 1. The van der Waals surface area contributed by atoms with Crippen LogP contribution in [0.3, 0.4) is 0 Å². The van der Waals surface area contributed by atoms with E-state index < -0.39 is 29.0 Å². The number of H-pyrrole nitrogens is 1. The topological polar surface area (TPSA) is 82.2 Å². The van der Waals surface area contributed by atoms with E-state index in [0.717, 1.165) is 21.2 Å². The van der Waals surface area contributed by atoms with Crippen LogP contribution in [0.4, 0.5) is 14.6 Å². The number of hydrogen-bond donors (Lipinski definition) is 1. The van der Waals surface area contributed by atoms with Gasteiger partial charge in [-0.05, 0) is 24.8 Å². The van der Waals surface area contributed by atoms with Crippen LogP contribution in [-0.4, -0.2) is 65.5 Å². The predicted octanol–water partition coefficient (Wildman–Crippen LogP) is 1.45. The van der Waals surface area contributed by atoms with E-state index >= 15 is 0 Å². The quantitative estimate of drug-likeness (QED) is 0.860. The van der Waals surface area contributed by atoms with E-state index in [1.807, 2.05) is 18.0 Å². The first-order valence-corrected chi connectivity index (χ1v) is 9.73. The number of rotatable bonds is 5. The van der Waals surface area contributed by atoms with Gasteiger partial charge in [-0.1, -0.05) is 0 Å². The second-order valence-electron chi connectivity index (χ2n) is 6.94. The molecule has 2 aliphatic rings. The molecule has 2 fully saturated rings. The van der Waals surface area contributed by atoms with Crippen LogP contribution in [0.5, 0.6) is 0 Å². The van der Waals surface area contributed by atoms with Crippen molar-refractivity contribution in [1.82, 2.24) is 19.3 Å². The van der Waals surface area contributed by atoms with E-state index in [2.05, 4.69) is 15.0 Å². The second-order valence-corrected chi connectivity index (χ2v) is 8.96. The molecule has 0 spiro atoms. The minimum absolute atomic E-state index is 0.00442. The van der Waals surface area contributed by atoms with Crippen LogP contribution in [0.2, 0.25) is 0 Å². The van der Waals surface area contributed by atoms with Crippen molar-refractivity contribution in [2.75, 3.05) is 30.8 Å². The lowest BCUT2D eigenvalue weighted by atomic mass is 9.81. The van der Waals surface area contributed by atoms with Crippen LogP contribution in [0.15, 0.2) is 18.6 Å². The zero-order valence-corrected chi connectivity index (χ0v) is 14.5. The number of halogens is 2. The van der Waals surface area contributed by atoms with Gasteiger partial charge < -0.3 is 9.88 Å². The van der Waals surface area contributed by atoms with Gasteiger partial charge in [-0.2, -0.15) is 4.31 Å². The van der Waals surface area contributed by atoms with Crippen LogP contribution in [-0.2, 0) is 10.0 Å². The Bertz CT molecular complexity index is 886. The Labute approximate surface area is 144 Å². The zero-order chi connectivity index (χ0) is 17.8. The molecular weight excluding hydrogens is 352 g/mol. The van der Waals surface area contributed by atoms with Crippen molar-refractivity contribution in [3.8, 4) is 0 Å². The Balaban J connectivity index is 1.37. The number of sulfonamides is 1. The van der Waals surface area contributed by atoms with Crippen molar-refractivity contribution in [1.29, 1.82) is 0 Å². The number of fused-ring (bicyclic) bond motifs is 1. The second kappa shape index (κ2) is 5.60. The Morgan fingerprint density at radius 3 is 2.76 bits per heavy atom. The molecule has 0 unspecified atom stereocenters. The van der Waals surface area contributed by atoms with Crippen molar-refractivity contribution in [3.63, 3.8) is 0 Å². The monoisotopic (exact) mass is 371 g/mol. The van der Waals surface area contributed by atoms with Crippen LogP contribution in [0.1, 0.15) is 12.8 Å². The molecule has 0 aromatic carbocycles. The van der Waals surface area contributed by atoms with Crippen LogP contribution < -0.4 is 4.90 Å². The molecule has 7 nitrogen and oxygen atoms in total. The van der Waals surface area contributed by atoms with Gasteiger partial charge in [0.05, 0.1) is 24.2 Å². The van der Waals surface area contributed by atoms with Crippen LogP contribution in [0.25, 0.3) is 11.0 Å². The fourth-order valence-electron chi connectivity index (χ4n) is 3.54. The van der Waals surface area contributed by atoms with E-state index in [4.69, 9.17) is 0 Å². The maximum absolute atomic E-state index is 12.9. The third-order valence-corrected chi connectivity index (χ3v) is 7.02. The summed E-state index contributed by atoms with van der Waals surface area (Å²) in [7, 11) is -1.66. The lowest BCUT2D eigenvalue weighted by molar-refractivity contribution is -0.0946. The van der Waals surface area contributed by atoms with Crippen molar-refractivity contribution >= 4 is 26.9 Å². The molecular formula is C15H19F2N5O2S. The van der Waals surface area contributed by atoms with Crippen LogP contribution in [0, 0.1) is 5.92 Å². The summed E-state index contributed by atoms with van der Waals surface area (Å²) in [6, 6.07) is 2.09. The van der Waals surface area contributed by atoms with Gasteiger partial charge in [-0.3, -0.25) is 0 Å². The average Bonchev–Trinajstić information content (AvgIpc) is 2.95. The highest BCUT2D eigenvalue weighted by Crippen LogP contribution is 2.37. The summed E-state index contributed by atoms with van der Waals surface area (Å²) >= 11 is 0. The number of hydrogen-bond acceptors (Lipinski definition) is 5. The summed E-state index contributed by atoms with van der Waals surface area (Å²) < 4.78 is 50.9. The molecule has 0 radical (unpaired) electrons. The van der Waals surface area contributed by atoms with E-state index in [9.17, 15) is 17.2 Å². The van der Waals surface area contributed by atoms with Gasteiger partial charge in [-0.15, -0.1) is 0 Å². The Hall–Kier alpha value is -1.81. The smallest absolute Gasteiger partial charge is 0.275 e. The third kappa shape index (κ3) is 2.97. The van der Waals surface area contributed by atoms with Crippen LogP contribution >= 0.6 is 0 Å². The normalized spacial score (nSPS) is 26.2. The molecule has 0 bridgehead atoms. The Morgan fingerprint density at radius 2 is 2.08 bits per heavy atom.